The van der Waals surface area contributed by atoms with Crippen molar-refractivity contribution in [1.29, 1.82) is 0 Å². The molecule has 8 nitrogen and oxygen atoms in total. The summed E-state index contributed by atoms with van der Waals surface area (Å²) < 4.78 is 31.1. The van der Waals surface area contributed by atoms with E-state index in [1.807, 2.05) is 0 Å². The van der Waals surface area contributed by atoms with Crippen molar-refractivity contribution in [2.24, 2.45) is 11.1 Å². The maximum atomic E-state index is 12.4. The number of amides is 1. The summed E-state index contributed by atoms with van der Waals surface area (Å²) in [6, 6.07) is 10.0. The fourth-order valence-corrected chi connectivity index (χ4v) is 4.17. The molecule has 2 aromatic carbocycles. The highest BCUT2D eigenvalue weighted by Gasteiger charge is 2.22. The Balaban J connectivity index is 1.63. The van der Waals surface area contributed by atoms with Crippen LogP contribution in [0.25, 0.3) is 10.9 Å². The minimum Gasteiger partial charge on any atom is -0.381 e. The predicted octanol–water partition coefficient (Wildman–Crippen LogP) is 2.16. The van der Waals surface area contributed by atoms with Crippen LogP contribution < -0.4 is 10.5 Å². The van der Waals surface area contributed by atoms with Gasteiger partial charge in [0.1, 0.15) is 0 Å². The third kappa shape index (κ3) is 4.43. The number of sulfonamides is 1. The number of carbonyl (C=O) groups excluding carboxylic acids is 1. The van der Waals surface area contributed by atoms with Crippen molar-refractivity contribution in [3.05, 3.63) is 53.2 Å². The first-order valence-electron chi connectivity index (χ1n) is 8.94. The second-order valence-corrected chi connectivity index (χ2v) is 8.96. The topological polar surface area (TPSA) is 116 Å². The van der Waals surface area contributed by atoms with E-state index < -0.39 is 10.0 Å². The second kappa shape index (κ2) is 7.75. The van der Waals surface area contributed by atoms with Gasteiger partial charge in [-0.05, 0) is 23.8 Å². The number of benzene rings is 2. The van der Waals surface area contributed by atoms with Gasteiger partial charge in [-0.1, -0.05) is 29.8 Å². The molecule has 0 radical (unpaired) electrons. The fraction of sp³-hybridized carbons (Fsp3) is 0.263. The molecule has 1 fully saturated rings. The van der Waals surface area contributed by atoms with Crippen LogP contribution >= 0.6 is 11.6 Å². The largest absolute Gasteiger partial charge is 0.381 e. The number of hydrogen-bond donors (Lipinski definition) is 2. The van der Waals surface area contributed by atoms with Crippen molar-refractivity contribution in [3.63, 3.8) is 0 Å². The van der Waals surface area contributed by atoms with Gasteiger partial charge in [-0.3, -0.25) is 9.48 Å². The lowest BCUT2D eigenvalue weighted by Gasteiger charge is -2.25. The van der Waals surface area contributed by atoms with E-state index in [0.717, 1.165) is 0 Å². The number of nitrogens with two attached hydrogens (primary N) is 1. The summed E-state index contributed by atoms with van der Waals surface area (Å²) in [6.07, 6.45) is 1.71. The molecular weight excluding hydrogens is 416 g/mol. The average molecular weight is 435 g/mol. The van der Waals surface area contributed by atoms with Gasteiger partial charge in [-0.15, -0.1) is 0 Å². The van der Waals surface area contributed by atoms with E-state index in [0.29, 0.717) is 52.9 Å². The number of carbonyl (C=O) groups is 1. The van der Waals surface area contributed by atoms with E-state index in [9.17, 15) is 13.2 Å². The van der Waals surface area contributed by atoms with Gasteiger partial charge in [-0.2, -0.15) is 5.10 Å². The zero-order valence-corrected chi connectivity index (χ0v) is 16.9. The van der Waals surface area contributed by atoms with E-state index >= 15 is 0 Å². The number of nitrogens with zero attached hydrogens (tertiary/aromatic N) is 2. The molecule has 1 aliphatic rings. The van der Waals surface area contributed by atoms with Crippen molar-refractivity contribution in [3.8, 4) is 0 Å². The van der Waals surface area contributed by atoms with Crippen molar-refractivity contribution in [1.82, 2.24) is 9.78 Å². The lowest BCUT2D eigenvalue weighted by Crippen LogP contribution is -2.31. The molecule has 1 aliphatic heterocycles. The average Bonchev–Trinajstić information content (AvgIpc) is 3.01. The fourth-order valence-electron chi connectivity index (χ4n) is 3.22. The number of anilines is 1. The third-order valence-electron chi connectivity index (χ3n) is 4.69. The second-order valence-electron chi connectivity index (χ2n) is 7.02. The van der Waals surface area contributed by atoms with E-state index in [4.69, 9.17) is 21.5 Å². The Hall–Kier alpha value is -2.46. The van der Waals surface area contributed by atoms with Gasteiger partial charge in [0.2, 0.25) is 15.9 Å². The Morgan fingerprint density at radius 3 is 2.72 bits per heavy atom. The van der Waals surface area contributed by atoms with E-state index in [-0.39, 0.29) is 17.2 Å². The lowest BCUT2D eigenvalue weighted by molar-refractivity contribution is -0.115. The summed E-state index contributed by atoms with van der Waals surface area (Å²) in [5.74, 6) is 0.0147. The van der Waals surface area contributed by atoms with E-state index in [2.05, 4.69) is 10.4 Å². The summed E-state index contributed by atoms with van der Waals surface area (Å²) in [5, 5.41) is 13.5. The minimum absolute atomic E-state index is 0.0541. The van der Waals surface area contributed by atoms with Crippen molar-refractivity contribution in [2.45, 2.75) is 17.9 Å². The van der Waals surface area contributed by atoms with Crippen LogP contribution in [-0.2, 0) is 32.5 Å². The van der Waals surface area contributed by atoms with Crippen LogP contribution in [0.4, 0.5) is 5.69 Å². The van der Waals surface area contributed by atoms with Crippen LogP contribution in [0.1, 0.15) is 5.56 Å². The number of aromatic nitrogens is 2. The predicted molar refractivity (Wildman–Crippen MR) is 109 cm³/mol. The molecule has 0 atom stereocenters. The lowest BCUT2D eigenvalue weighted by atomic mass is 10.1. The highest BCUT2D eigenvalue weighted by Crippen LogP contribution is 2.27. The number of primary sulfonamides is 1. The molecule has 4 rings (SSSR count). The molecule has 10 heteroatoms. The minimum atomic E-state index is -4.01. The number of nitrogens with one attached hydrogen (secondary N) is 1. The van der Waals surface area contributed by atoms with Crippen LogP contribution in [0.5, 0.6) is 0 Å². The SMILES string of the molecule is NS(=O)(=O)c1cc(NC(=O)Cc2ccccc2Cl)cc2nn(CC3COC3)cc12. The van der Waals surface area contributed by atoms with Gasteiger partial charge >= 0.3 is 0 Å². The molecule has 0 spiro atoms. The summed E-state index contributed by atoms with van der Waals surface area (Å²) in [5.41, 5.74) is 1.41. The molecule has 0 bridgehead atoms. The molecule has 3 aromatic rings. The van der Waals surface area contributed by atoms with E-state index in [1.165, 1.54) is 6.07 Å². The zero-order valence-electron chi connectivity index (χ0n) is 15.3. The Bertz CT molecular complexity index is 1190. The number of ether oxygens (including phenoxy) is 1. The number of rotatable bonds is 6. The highest BCUT2D eigenvalue weighted by molar-refractivity contribution is 7.89. The molecular formula is C19H19ClN4O4S. The van der Waals surface area contributed by atoms with Gasteiger partial charge in [0.25, 0.3) is 0 Å². The normalized spacial score (nSPS) is 14.7. The molecule has 0 aliphatic carbocycles. The van der Waals surface area contributed by atoms with E-state index in [1.54, 1.807) is 41.2 Å². The zero-order chi connectivity index (χ0) is 20.6. The quantitative estimate of drug-likeness (QED) is 0.616. The Labute approximate surface area is 172 Å². The summed E-state index contributed by atoms with van der Waals surface area (Å²) >= 11 is 6.10. The maximum absolute atomic E-state index is 12.4. The van der Waals surface area contributed by atoms with Gasteiger partial charge in [0, 0.05) is 34.8 Å². The Morgan fingerprint density at radius 2 is 2.07 bits per heavy atom. The smallest absolute Gasteiger partial charge is 0.238 e. The molecule has 29 heavy (non-hydrogen) atoms. The summed E-state index contributed by atoms with van der Waals surface area (Å²) in [6.45, 7) is 1.93. The van der Waals surface area contributed by atoms with Crippen molar-refractivity contribution in [2.75, 3.05) is 18.5 Å². The molecule has 1 aromatic heterocycles. The van der Waals surface area contributed by atoms with Gasteiger partial charge in [0.15, 0.2) is 0 Å². The Morgan fingerprint density at radius 1 is 1.31 bits per heavy atom. The van der Waals surface area contributed by atoms with Crippen molar-refractivity contribution >= 4 is 44.1 Å². The van der Waals surface area contributed by atoms with Gasteiger partial charge in [0.05, 0.1) is 30.0 Å². The first kappa shape index (κ1) is 19.8. The third-order valence-corrected chi connectivity index (χ3v) is 6.01. The van der Waals surface area contributed by atoms with Crippen LogP contribution in [0.2, 0.25) is 5.02 Å². The number of hydrogen-bond acceptors (Lipinski definition) is 5. The Kier molecular flexibility index (Phi) is 5.30. The molecule has 1 saturated heterocycles. The molecule has 2 heterocycles. The number of fused-ring (bicyclic) bond motifs is 1. The van der Waals surface area contributed by atoms with Crippen LogP contribution in [0.3, 0.4) is 0 Å². The maximum Gasteiger partial charge on any atom is 0.238 e. The molecule has 0 unspecified atom stereocenters. The summed E-state index contributed by atoms with van der Waals surface area (Å²) in [7, 11) is -4.01. The first-order chi connectivity index (χ1) is 13.8. The van der Waals surface area contributed by atoms with Gasteiger partial charge < -0.3 is 10.1 Å². The monoisotopic (exact) mass is 434 g/mol. The molecule has 152 valence electrons. The van der Waals surface area contributed by atoms with Crippen LogP contribution in [0, 0.1) is 5.92 Å². The van der Waals surface area contributed by atoms with Crippen LogP contribution in [0.15, 0.2) is 47.5 Å². The number of halogens is 1. The first-order valence-corrected chi connectivity index (χ1v) is 10.9. The van der Waals surface area contributed by atoms with Crippen LogP contribution in [-0.4, -0.2) is 37.3 Å². The van der Waals surface area contributed by atoms with Gasteiger partial charge in [-0.25, -0.2) is 13.6 Å². The van der Waals surface area contributed by atoms with Crippen molar-refractivity contribution < 1.29 is 17.9 Å². The standard InChI is InChI=1S/C19H19ClN4O4S/c20-16-4-2-1-3-13(16)5-19(25)22-14-6-17-15(18(7-14)29(21,26)27)9-24(23-17)8-12-10-28-11-12/h1-4,6-7,9,12H,5,8,10-11H2,(H,22,25)(H2,21,26,27). The summed E-state index contributed by atoms with van der Waals surface area (Å²) in [4.78, 5) is 12.4. The molecule has 1 amide bonds. The molecule has 0 saturated carbocycles. The highest BCUT2D eigenvalue weighted by atomic mass is 35.5. The molecule has 3 N–H and O–H groups in total.